The van der Waals surface area contributed by atoms with Crippen molar-refractivity contribution in [3.63, 3.8) is 0 Å². The van der Waals surface area contributed by atoms with Gasteiger partial charge in [-0.25, -0.2) is 0 Å². The number of carbonyl (C=O) groups is 5. The highest BCUT2D eigenvalue weighted by molar-refractivity contribution is 8.00. The van der Waals surface area contributed by atoms with Gasteiger partial charge in [0.2, 0.25) is 23.6 Å². The second-order valence-corrected chi connectivity index (χ2v) is 8.44. The van der Waals surface area contributed by atoms with Crippen LogP contribution in [0, 0.1) is 0 Å². The van der Waals surface area contributed by atoms with Gasteiger partial charge in [-0.05, 0) is 36.4 Å². The lowest BCUT2D eigenvalue weighted by atomic mass is 10.1. The van der Waals surface area contributed by atoms with Crippen LogP contribution in [0.1, 0.15) is 27.6 Å². The number of hydrogen-bond donors (Lipinski definition) is 6. The minimum Gasteiger partial charge on any atom is -0.366 e. The van der Waals surface area contributed by atoms with Crippen molar-refractivity contribution in [1.29, 1.82) is 0 Å². The first-order valence-electron chi connectivity index (χ1n) is 10.2. The van der Waals surface area contributed by atoms with Gasteiger partial charge in [0.1, 0.15) is 17.7 Å². The molecule has 0 spiro atoms. The lowest BCUT2D eigenvalue weighted by molar-refractivity contribution is -0.127. The van der Waals surface area contributed by atoms with Gasteiger partial charge >= 0.3 is 0 Å². The second kappa shape index (κ2) is 11.3. The number of hydrogen-bond acceptors (Lipinski definition) is 7. The lowest BCUT2D eigenvalue weighted by Gasteiger charge is -2.37. The highest BCUT2D eigenvalue weighted by Crippen LogP contribution is 2.15. The highest BCUT2D eigenvalue weighted by Gasteiger charge is 2.38. The van der Waals surface area contributed by atoms with Gasteiger partial charge in [-0.2, -0.15) is 0 Å². The predicted octanol–water partition coefficient (Wildman–Crippen LogP) is -0.279. The molecule has 1 heterocycles. The largest absolute Gasteiger partial charge is 0.366 e. The molecule has 2 aromatic carbocycles. The first-order chi connectivity index (χ1) is 16.2. The maximum atomic E-state index is 12.7. The molecule has 0 aromatic heterocycles. The molecule has 0 aliphatic carbocycles. The zero-order valence-corrected chi connectivity index (χ0v) is 19.0. The van der Waals surface area contributed by atoms with Gasteiger partial charge < -0.3 is 27.0 Å². The Morgan fingerprint density at radius 3 is 2.26 bits per heavy atom. The van der Waals surface area contributed by atoms with Crippen molar-refractivity contribution in [2.45, 2.75) is 24.6 Å². The van der Waals surface area contributed by atoms with E-state index in [4.69, 9.17) is 5.73 Å². The molecule has 1 saturated heterocycles. The van der Waals surface area contributed by atoms with Crippen LogP contribution in [0.25, 0.3) is 0 Å². The van der Waals surface area contributed by atoms with E-state index >= 15 is 0 Å². The van der Waals surface area contributed by atoms with Crippen LogP contribution in [0.4, 0.5) is 5.69 Å². The molecule has 1 aliphatic heterocycles. The van der Waals surface area contributed by atoms with Crippen LogP contribution in [0.15, 0.2) is 54.6 Å². The van der Waals surface area contributed by atoms with E-state index in [9.17, 15) is 24.0 Å². The second-order valence-electron chi connectivity index (χ2n) is 7.35. The van der Waals surface area contributed by atoms with Crippen molar-refractivity contribution in [1.82, 2.24) is 21.3 Å². The molecule has 3 atom stereocenters. The molecule has 178 valence electrons. The molecule has 7 N–H and O–H groups in total. The molecular weight excluding hydrogens is 460 g/mol. The fourth-order valence-electron chi connectivity index (χ4n) is 3.14. The summed E-state index contributed by atoms with van der Waals surface area (Å²) in [7, 11) is 0. The molecule has 2 aromatic rings. The van der Waals surface area contributed by atoms with Crippen molar-refractivity contribution < 1.29 is 24.0 Å². The minimum atomic E-state index is -1.06. The number of rotatable bonds is 8. The summed E-state index contributed by atoms with van der Waals surface area (Å²) in [5.41, 5.74) is 5.67. The third-order valence-corrected chi connectivity index (χ3v) is 5.75. The quantitative estimate of drug-likeness (QED) is 0.299. The maximum absolute atomic E-state index is 12.7. The Kier molecular flexibility index (Phi) is 8.22. The van der Waals surface area contributed by atoms with Gasteiger partial charge in [-0.15, -0.1) is 11.8 Å². The molecule has 5 amide bonds. The Morgan fingerprint density at radius 2 is 1.65 bits per heavy atom. The van der Waals surface area contributed by atoms with Gasteiger partial charge in [-0.1, -0.05) is 18.2 Å². The van der Waals surface area contributed by atoms with Crippen molar-refractivity contribution >= 4 is 47.0 Å². The molecule has 0 saturated carbocycles. The first-order valence-corrected chi connectivity index (χ1v) is 11.3. The number of thioether (sulfide) groups is 1. The van der Waals surface area contributed by atoms with Crippen molar-refractivity contribution in [3.05, 3.63) is 65.7 Å². The summed E-state index contributed by atoms with van der Waals surface area (Å²) in [4.78, 5) is 60.3. The van der Waals surface area contributed by atoms with E-state index in [1.807, 2.05) is 0 Å². The molecule has 3 rings (SSSR count). The number of nitrogens with two attached hydrogens (primary N) is 1. The summed E-state index contributed by atoms with van der Waals surface area (Å²) in [6.45, 7) is 1.30. The van der Waals surface area contributed by atoms with E-state index in [0.717, 1.165) is 11.8 Å². The van der Waals surface area contributed by atoms with E-state index in [1.165, 1.54) is 19.1 Å². The molecule has 34 heavy (non-hydrogen) atoms. The molecule has 12 heteroatoms. The third-order valence-electron chi connectivity index (χ3n) is 4.74. The zero-order chi connectivity index (χ0) is 24.7. The highest BCUT2D eigenvalue weighted by atomic mass is 32.2. The predicted molar refractivity (Wildman–Crippen MR) is 126 cm³/mol. The Balaban J connectivity index is 1.57. The molecule has 1 aliphatic rings. The molecule has 0 bridgehead atoms. The molecule has 3 unspecified atom stereocenters. The monoisotopic (exact) mass is 484 g/mol. The SMILES string of the molecule is CC(=O)NC1NC(SCC(=O)Nc2ccc(C(N)=O)cc2)NC(=O)C1NC(=O)c1ccccc1. The van der Waals surface area contributed by atoms with Crippen LogP contribution < -0.4 is 32.3 Å². The van der Waals surface area contributed by atoms with Gasteiger partial charge in [0.15, 0.2) is 0 Å². The van der Waals surface area contributed by atoms with E-state index in [-0.39, 0.29) is 11.7 Å². The van der Waals surface area contributed by atoms with E-state index in [2.05, 4.69) is 26.6 Å². The topological polar surface area (TPSA) is 172 Å². The normalized spacial score (nSPS) is 19.4. The smallest absolute Gasteiger partial charge is 0.252 e. The summed E-state index contributed by atoms with van der Waals surface area (Å²) in [6, 6.07) is 13.4. The Hall–Kier alpha value is -3.90. The third kappa shape index (κ3) is 6.80. The van der Waals surface area contributed by atoms with E-state index < -0.39 is 41.3 Å². The Morgan fingerprint density at radius 1 is 0.971 bits per heavy atom. The van der Waals surface area contributed by atoms with E-state index in [1.54, 1.807) is 42.5 Å². The summed E-state index contributed by atoms with van der Waals surface area (Å²) in [5.74, 6) is -2.31. The van der Waals surface area contributed by atoms with Crippen LogP contribution in [0.5, 0.6) is 0 Å². The van der Waals surface area contributed by atoms with Crippen LogP contribution in [-0.2, 0) is 14.4 Å². The van der Waals surface area contributed by atoms with Crippen molar-refractivity contribution in [2.75, 3.05) is 11.1 Å². The average molecular weight is 485 g/mol. The average Bonchev–Trinajstić information content (AvgIpc) is 2.80. The van der Waals surface area contributed by atoms with Gasteiger partial charge in [0, 0.05) is 23.7 Å². The first kappa shape index (κ1) is 24.7. The van der Waals surface area contributed by atoms with Crippen LogP contribution in [0.2, 0.25) is 0 Å². The summed E-state index contributed by atoms with van der Waals surface area (Å²) >= 11 is 1.09. The number of carbonyl (C=O) groups excluding carboxylic acids is 5. The summed E-state index contributed by atoms with van der Waals surface area (Å²) < 4.78 is 0. The van der Waals surface area contributed by atoms with Gasteiger partial charge in [0.25, 0.3) is 5.91 Å². The molecule has 1 fully saturated rings. The summed E-state index contributed by atoms with van der Waals surface area (Å²) in [6.07, 6.45) is -0.888. The lowest BCUT2D eigenvalue weighted by Crippen LogP contribution is -2.72. The van der Waals surface area contributed by atoms with Crippen LogP contribution in [0.3, 0.4) is 0 Å². The van der Waals surface area contributed by atoms with Crippen molar-refractivity contribution in [3.8, 4) is 0 Å². The van der Waals surface area contributed by atoms with Crippen molar-refractivity contribution in [2.24, 2.45) is 5.73 Å². The standard InChI is InChI=1S/C22H24N6O5S/c1-12(29)24-19-17(26-20(32)14-5-3-2-4-6-14)21(33)28-22(27-19)34-11-16(30)25-15-9-7-13(8-10-15)18(23)31/h2-10,17,19,22,27H,11H2,1H3,(H2,23,31)(H,24,29)(H,25,30)(H,26,32)(H,28,33). The van der Waals surface area contributed by atoms with Crippen LogP contribution >= 0.6 is 11.8 Å². The number of primary amides is 1. The number of nitrogens with one attached hydrogen (secondary N) is 5. The zero-order valence-electron chi connectivity index (χ0n) is 18.2. The van der Waals surface area contributed by atoms with Crippen LogP contribution in [-0.4, -0.2) is 53.0 Å². The van der Waals surface area contributed by atoms with E-state index in [0.29, 0.717) is 16.8 Å². The molecular formula is C22H24N6O5S. The van der Waals surface area contributed by atoms with Gasteiger partial charge in [-0.3, -0.25) is 29.3 Å². The Bertz CT molecular complexity index is 1080. The fourth-order valence-corrected chi connectivity index (χ4v) is 3.97. The summed E-state index contributed by atoms with van der Waals surface area (Å²) in [5, 5.41) is 13.6. The number of benzene rings is 2. The Labute approximate surface area is 199 Å². The maximum Gasteiger partial charge on any atom is 0.252 e. The minimum absolute atomic E-state index is 0.0245. The molecule has 0 radical (unpaired) electrons. The van der Waals surface area contributed by atoms with Gasteiger partial charge in [0.05, 0.1) is 5.75 Å². The fraction of sp³-hybridized carbons (Fsp3) is 0.227. The number of anilines is 1. The molecule has 11 nitrogen and oxygen atoms in total. The number of amides is 5.